The number of benzene rings is 1. The molecule has 27 heavy (non-hydrogen) atoms. The Labute approximate surface area is 161 Å². The first-order chi connectivity index (χ1) is 13.0. The van der Waals surface area contributed by atoms with Crippen LogP contribution in [0.1, 0.15) is 35.1 Å². The summed E-state index contributed by atoms with van der Waals surface area (Å²) in [6.07, 6.45) is 1.23. The average molecular weight is 391 g/mol. The van der Waals surface area contributed by atoms with Gasteiger partial charge in [0.25, 0.3) is 5.91 Å². The number of ether oxygens (including phenoxy) is 1. The molecule has 1 aromatic heterocycles. The second kappa shape index (κ2) is 8.47. The van der Waals surface area contributed by atoms with Crippen LogP contribution in [0.5, 0.6) is 0 Å². The zero-order chi connectivity index (χ0) is 19.4. The number of likely N-dealkylation sites (tertiary alicyclic amines) is 1. The van der Waals surface area contributed by atoms with Crippen molar-refractivity contribution in [1.82, 2.24) is 9.88 Å². The molecule has 0 spiro atoms. The lowest BCUT2D eigenvalue weighted by Crippen LogP contribution is -2.40. The van der Waals surface area contributed by atoms with Gasteiger partial charge < -0.3 is 15.0 Å². The van der Waals surface area contributed by atoms with Crippen LogP contribution >= 0.6 is 11.3 Å². The normalized spacial score (nSPS) is 14.9. The number of carbonyl (C=O) groups excluding carboxylic acids is 2. The molecule has 0 radical (unpaired) electrons. The fraction of sp³-hybridized carbons (Fsp3) is 0.421. The van der Waals surface area contributed by atoms with E-state index in [0.29, 0.717) is 53.9 Å². The molecular weight excluding hydrogens is 369 g/mol. The Kier molecular flexibility index (Phi) is 6.05. The average Bonchev–Trinajstić information content (AvgIpc) is 3.03. The Hall–Kier alpha value is -2.48. The molecule has 2 aromatic rings. The van der Waals surface area contributed by atoms with Crippen molar-refractivity contribution < 1.29 is 18.7 Å². The highest BCUT2D eigenvalue weighted by Gasteiger charge is 2.30. The van der Waals surface area contributed by atoms with Crippen molar-refractivity contribution >= 4 is 34.0 Å². The number of hydrogen-bond acceptors (Lipinski definition) is 6. The molecule has 0 saturated carbocycles. The van der Waals surface area contributed by atoms with Crippen molar-refractivity contribution in [1.29, 1.82) is 0 Å². The number of hydrogen-bond donors (Lipinski definition) is 1. The smallest absolute Gasteiger partial charge is 0.309 e. The molecule has 1 saturated heterocycles. The van der Waals surface area contributed by atoms with Crippen LogP contribution in [0.25, 0.3) is 0 Å². The molecule has 0 aliphatic carbocycles. The van der Waals surface area contributed by atoms with Gasteiger partial charge in [0.1, 0.15) is 10.7 Å². The Morgan fingerprint density at radius 3 is 2.59 bits per heavy atom. The maximum absolute atomic E-state index is 13.0. The summed E-state index contributed by atoms with van der Waals surface area (Å²) in [4.78, 5) is 31.4. The zero-order valence-corrected chi connectivity index (χ0v) is 16.1. The number of halogens is 1. The molecule has 1 aromatic carbocycles. The van der Waals surface area contributed by atoms with Gasteiger partial charge in [-0.05, 0) is 51.0 Å². The summed E-state index contributed by atoms with van der Waals surface area (Å²) in [5, 5.41) is 3.68. The number of aryl methyl sites for hydroxylation is 1. The van der Waals surface area contributed by atoms with Crippen LogP contribution in [0.15, 0.2) is 24.3 Å². The molecule has 144 valence electrons. The largest absolute Gasteiger partial charge is 0.466 e. The van der Waals surface area contributed by atoms with Crippen molar-refractivity contribution in [2.75, 3.05) is 25.0 Å². The Morgan fingerprint density at radius 2 is 1.96 bits per heavy atom. The first-order valence-electron chi connectivity index (χ1n) is 8.94. The van der Waals surface area contributed by atoms with Gasteiger partial charge in [0.05, 0.1) is 18.2 Å². The van der Waals surface area contributed by atoms with Gasteiger partial charge in [-0.2, -0.15) is 0 Å². The van der Waals surface area contributed by atoms with Crippen LogP contribution in [0.3, 0.4) is 0 Å². The number of piperidine rings is 1. The number of thiazole rings is 1. The first kappa shape index (κ1) is 19.3. The molecule has 3 rings (SSSR count). The van der Waals surface area contributed by atoms with Crippen molar-refractivity contribution in [3.8, 4) is 0 Å². The fourth-order valence-electron chi connectivity index (χ4n) is 3.03. The van der Waals surface area contributed by atoms with Crippen LogP contribution in [0.2, 0.25) is 0 Å². The SMILES string of the molecule is CCOC(=O)C1CCN(C(=O)c2sc(Nc3ccc(F)cc3)nc2C)CC1. The van der Waals surface area contributed by atoms with Crippen molar-refractivity contribution in [2.24, 2.45) is 5.92 Å². The van der Waals surface area contributed by atoms with Gasteiger partial charge in [0.15, 0.2) is 5.13 Å². The van der Waals surface area contributed by atoms with Crippen LogP contribution in [-0.4, -0.2) is 41.5 Å². The number of rotatable bonds is 5. The lowest BCUT2D eigenvalue weighted by molar-refractivity contribution is -0.149. The van der Waals surface area contributed by atoms with Crippen LogP contribution in [0, 0.1) is 18.7 Å². The highest BCUT2D eigenvalue weighted by atomic mass is 32.1. The molecule has 0 unspecified atom stereocenters. The summed E-state index contributed by atoms with van der Waals surface area (Å²) >= 11 is 1.28. The summed E-state index contributed by atoms with van der Waals surface area (Å²) in [7, 11) is 0. The number of nitrogens with one attached hydrogen (secondary N) is 1. The van der Waals surface area contributed by atoms with Crippen LogP contribution < -0.4 is 5.32 Å². The molecule has 6 nitrogen and oxygen atoms in total. The van der Waals surface area contributed by atoms with E-state index in [1.54, 1.807) is 30.9 Å². The summed E-state index contributed by atoms with van der Waals surface area (Å²) in [5.74, 6) is -0.686. The van der Waals surface area contributed by atoms with E-state index in [9.17, 15) is 14.0 Å². The van der Waals surface area contributed by atoms with Gasteiger partial charge in [-0.25, -0.2) is 9.37 Å². The van der Waals surface area contributed by atoms with Gasteiger partial charge in [0, 0.05) is 18.8 Å². The van der Waals surface area contributed by atoms with E-state index in [0.717, 1.165) is 0 Å². The van der Waals surface area contributed by atoms with E-state index in [-0.39, 0.29) is 23.6 Å². The molecule has 0 atom stereocenters. The minimum absolute atomic E-state index is 0.0699. The minimum Gasteiger partial charge on any atom is -0.466 e. The predicted octanol–water partition coefficient (Wildman–Crippen LogP) is 3.75. The topological polar surface area (TPSA) is 71.5 Å². The van der Waals surface area contributed by atoms with Crippen molar-refractivity contribution in [2.45, 2.75) is 26.7 Å². The number of amides is 1. The maximum Gasteiger partial charge on any atom is 0.309 e. The Morgan fingerprint density at radius 1 is 1.30 bits per heavy atom. The van der Waals surface area contributed by atoms with Crippen molar-refractivity contribution in [3.05, 3.63) is 40.7 Å². The Bertz CT molecular complexity index is 814. The number of aromatic nitrogens is 1. The van der Waals surface area contributed by atoms with Gasteiger partial charge in [-0.15, -0.1) is 0 Å². The molecule has 0 bridgehead atoms. The Balaban J connectivity index is 1.63. The molecular formula is C19H22FN3O3S. The van der Waals surface area contributed by atoms with Crippen LogP contribution in [-0.2, 0) is 9.53 Å². The van der Waals surface area contributed by atoms with Crippen LogP contribution in [0.4, 0.5) is 15.2 Å². The first-order valence-corrected chi connectivity index (χ1v) is 9.75. The highest BCUT2D eigenvalue weighted by Crippen LogP contribution is 2.28. The summed E-state index contributed by atoms with van der Waals surface area (Å²) in [6, 6.07) is 5.96. The lowest BCUT2D eigenvalue weighted by Gasteiger charge is -2.30. The molecule has 1 fully saturated rings. The van der Waals surface area contributed by atoms with Gasteiger partial charge >= 0.3 is 5.97 Å². The molecule has 8 heteroatoms. The molecule has 1 aliphatic heterocycles. The summed E-state index contributed by atoms with van der Waals surface area (Å²) < 4.78 is 18.1. The van der Waals surface area contributed by atoms with E-state index in [2.05, 4.69) is 10.3 Å². The molecule has 1 aliphatic rings. The second-order valence-electron chi connectivity index (χ2n) is 6.38. The summed E-state index contributed by atoms with van der Waals surface area (Å²) in [5.41, 5.74) is 1.36. The second-order valence-corrected chi connectivity index (χ2v) is 7.38. The molecule has 1 N–H and O–H groups in total. The number of carbonyl (C=O) groups is 2. The van der Waals surface area contributed by atoms with E-state index in [1.807, 2.05) is 0 Å². The third-order valence-corrected chi connectivity index (χ3v) is 5.55. The maximum atomic E-state index is 13.0. The lowest BCUT2D eigenvalue weighted by atomic mass is 9.97. The minimum atomic E-state index is -0.307. The van der Waals surface area contributed by atoms with E-state index in [4.69, 9.17) is 4.74 Å². The predicted molar refractivity (Wildman–Crippen MR) is 102 cm³/mol. The number of esters is 1. The highest BCUT2D eigenvalue weighted by molar-refractivity contribution is 7.17. The van der Waals surface area contributed by atoms with E-state index < -0.39 is 0 Å². The third kappa shape index (κ3) is 4.63. The molecule has 1 amide bonds. The zero-order valence-electron chi connectivity index (χ0n) is 15.3. The van der Waals surface area contributed by atoms with E-state index >= 15 is 0 Å². The van der Waals surface area contributed by atoms with E-state index in [1.165, 1.54) is 23.5 Å². The quantitative estimate of drug-likeness (QED) is 0.786. The number of anilines is 2. The monoisotopic (exact) mass is 391 g/mol. The third-order valence-electron chi connectivity index (χ3n) is 4.49. The van der Waals surface area contributed by atoms with Crippen molar-refractivity contribution in [3.63, 3.8) is 0 Å². The summed E-state index contributed by atoms with van der Waals surface area (Å²) in [6.45, 7) is 5.02. The van der Waals surface area contributed by atoms with Gasteiger partial charge in [-0.3, -0.25) is 9.59 Å². The number of nitrogens with zero attached hydrogens (tertiary/aromatic N) is 2. The van der Waals surface area contributed by atoms with Gasteiger partial charge in [-0.1, -0.05) is 11.3 Å². The fourth-order valence-corrected chi connectivity index (χ4v) is 3.98. The van der Waals surface area contributed by atoms with Gasteiger partial charge in [0.2, 0.25) is 0 Å². The molecule has 2 heterocycles. The standard InChI is InChI=1S/C19H22FN3O3S/c1-3-26-18(25)13-8-10-23(11-9-13)17(24)16-12(2)21-19(27-16)22-15-6-4-14(20)5-7-15/h4-7,13H,3,8-11H2,1-2H3,(H,21,22).